The smallest absolute Gasteiger partial charge is 0.0159 e. The monoisotopic (exact) mass is 470 g/mol. The Morgan fingerprint density at radius 2 is 1.11 bits per heavy atom. The van der Waals surface area contributed by atoms with Gasteiger partial charge in [0.05, 0.1) is 0 Å². The molecular formula is C37H26. The van der Waals surface area contributed by atoms with E-state index in [9.17, 15) is 0 Å². The minimum Gasteiger partial charge on any atom is -0.0616 e. The first kappa shape index (κ1) is 20.7. The molecule has 0 radical (unpaired) electrons. The molecule has 0 aromatic heterocycles. The standard InChI is InChI=1S/C37H26/c1-37(2)34-16-8-12-23-11-7-15-31(36(23)34)30-18-17-26(22-35(30)37)32-21-27-19-24-9-3-4-10-25(24)20-33(27)29-14-6-5-13-28(29)32/h3-22H,1-2H3. The number of fused-ring (bicyclic) bond motifs is 6. The average molecular weight is 471 g/mol. The van der Waals surface area contributed by atoms with Crippen molar-refractivity contribution in [2.45, 2.75) is 19.3 Å². The van der Waals surface area contributed by atoms with Crippen LogP contribution in [0.25, 0.3) is 65.3 Å². The molecule has 8 rings (SSSR count). The van der Waals surface area contributed by atoms with E-state index in [1.54, 1.807) is 0 Å². The zero-order chi connectivity index (χ0) is 24.7. The molecule has 0 heterocycles. The quantitative estimate of drug-likeness (QED) is 0.165. The summed E-state index contributed by atoms with van der Waals surface area (Å²) in [5.41, 5.74) is 8.03. The van der Waals surface area contributed by atoms with Crippen molar-refractivity contribution in [2.24, 2.45) is 0 Å². The van der Waals surface area contributed by atoms with E-state index in [4.69, 9.17) is 0 Å². The van der Waals surface area contributed by atoms with E-state index in [2.05, 4.69) is 135 Å². The molecule has 174 valence electrons. The first-order chi connectivity index (χ1) is 18.1. The molecule has 0 heteroatoms. The van der Waals surface area contributed by atoms with Gasteiger partial charge < -0.3 is 0 Å². The van der Waals surface area contributed by atoms with Crippen LogP contribution in [0.15, 0.2) is 121 Å². The lowest BCUT2D eigenvalue weighted by atomic mass is 9.68. The number of benzene rings is 7. The first-order valence-corrected chi connectivity index (χ1v) is 13.1. The van der Waals surface area contributed by atoms with Gasteiger partial charge in [0.1, 0.15) is 0 Å². The van der Waals surface area contributed by atoms with Gasteiger partial charge in [0, 0.05) is 5.41 Å². The summed E-state index contributed by atoms with van der Waals surface area (Å²) in [6.45, 7) is 4.76. The Morgan fingerprint density at radius 3 is 1.95 bits per heavy atom. The lowest BCUT2D eigenvalue weighted by Gasteiger charge is -2.35. The Kier molecular flexibility index (Phi) is 4.10. The lowest BCUT2D eigenvalue weighted by molar-refractivity contribution is 0.645. The minimum atomic E-state index is -0.0813. The van der Waals surface area contributed by atoms with E-state index in [0.717, 1.165) is 0 Å². The van der Waals surface area contributed by atoms with E-state index >= 15 is 0 Å². The maximum absolute atomic E-state index is 2.46. The highest BCUT2D eigenvalue weighted by atomic mass is 14.4. The van der Waals surface area contributed by atoms with E-state index in [0.29, 0.717) is 0 Å². The second-order valence-corrected chi connectivity index (χ2v) is 11.0. The van der Waals surface area contributed by atoms with Crippen molar-refractivity contribution >= 4 is 43.1 Å². The third-order valence-corrected chi connectivity index (χ3v) is 8.60. The Morgan fingerprint density at radius 1 is 0.405 bits per heavy atom. The Hall–Kier alpha value is -4.42. The molecule has 0 bridgehead atoms. The third kappa shape index (κ3) is 2.84. The van der Waals surface area contributed by atoms with Crippen molar-refractivity contribution in [1.82, 2.24) is 0 Å². The van der Waals surface area contributed by atoms with Crippen molar-refractivity contribution in [2.75, 3.05) is 0 Å². The van der Waals surface area contributed by atoms with Gasteiger partial charge in [-0.1, -0.05) is 111 Å². The largest absolute Gasteiger partial charge is 0.0616 e. The fourth-order valence-corrected chi connectivity index (χ4v) is 6.73. The highest BCUT2D eigenvalue weighted by Crippen LogP contribution is 2.50. The molecule has 0 N–H and O–H groups in total. The second kappa shape index (κ2) is 7.31. The molecule has 0 spiro atoms. The fraction of sp³-hybridized carbons (Fsp3) is 0.0811. The first-order valence-electron chi connectivity index (χ1n) is 13.1. The Labute approximate surface area is 216 Å². The highest BCUT2D eigenvalue weighted by molar-refractivity contribution is 6.17. The van der Waals surface area contributed by atoms with Gasteiger partial charge in [-0.05, 0) is 101 Å². The molecule has 0 unspecified atom stereocenters. The SMILES string of the molecule is CC1(C)c2cc(-c3cc4cc5ccccc5cc4c4ccccc34)ccc2-c2cccc3cccc1c23. The summed E-state index contributed by atoms with van der Waals surface area (Å²) >= 11 is 0. The normalized spacial score (nSPS) is 13.9. The van der Waals surface area contributed by atoms with Crippen molar-refractivity contribution in [3.63, 3.8) is 0 Å². The van der Waals surface area contributed by atoms with Gasteiger partial charge in [-0.25, -0.2) is 0 Å². The summed E-state index contributed by atoms with van der Waals surface area (Å²) in [6.07, 6.45) is 0. The van der Waals surface area contributed by atoms with E-state index in [-0.39, 0.29) is 5.41 Å². The predicted molar refractivity (Wildman–Crippen MR) is 159 cm³/mol. The van der Waals surface area contributed by atoms with E-state index < -0.39 is 0 Å². The predicted octanol–water partition coefficient (Wildman–Crippen LogP) is 10.3. The molecule has 0 saturated carbocycles. The summed E-state index contributed by atoms with van der Waals surface area (Å²) in [5.74, 6) is 0. The molecule has 0 nitrogen and oxygen atoms in total. The second-order valence-electron chi connectivity index (χ2n) is 11.0. The van der Waals surface area contributed by atoms with Crippen LogP contribution in [0, 0.1) is 0 Å². The molecule has 0 aliphatic heterocycles. The third-order valence-electron chi connectivity index (χ3n) is 8.60. The maximum atomic E-state index is 2.46. The van der Waals surface area contributed by atoms with Crippen molar-refractivity contribution < 1.29 is 0 Å². The van der Waals surface area contributed by atoms with Crippen molar-refractivity contribution in [1.29, 1.82) is 0 Å². The molecule has 0 saturated heterocycles. The molecule has 1 aliphatic carbocycles. The van der Waals surface area contributed by atoms with Crippen LogP contribution >= 0.6 is 0 Å². The van der Waals surface area contributed by atoms with Crippen LogP contribution in [0.3, 0.4) is 0 Å². The minimum absolute atomic E-state index is 0.0813. The van der Waals surface area contributed by atoms with Crippen molar-refractivity contribution in [3.8, 4) is 22.3 Å². The summed E-state index contributed by atoms with van der Waals surface area (Å²) in [5, 5.41) is 10.5. The van der Waals surface area contributed by atoms with Gasteiger partial charge in [-0.15, -0.1) is 0 Å². The molecule has 0 fully saturated rings. The van der Waals surface area contributed by atoms with Gasteiger partial charge in [0.25, 0.3) is 0 Å². The molecular weight excluding hydrogens is 444 g/mol. The summed E-state index contributed by atoms with van der Waals surface area (Å²) < 4.78 is 0. The number of hydrogen-bond acceptors (Lipinski definition) is 0. The summed E-state index contributed by atoms with van der Waals surface area (Å²) in [6, 6.07) is 45.3. The van der Waals surface area contributed by atoms with Crippen LogP contribution in [0.5, 0.6) is 0 Å². The number of rotatable bonds is 1. The molecule has 0 amide bonds. The van der Waals surface area contributed by atoms with Crippen LogP contribution in [-0.4, -0.2) is 0 Å². The Bertz CT molecular complexity index is 2050. The molecule has 7 aromatic carbocycles. The van der Waals surface area contributed by atoms with E-state index in [1.807, 2.05) is 0 Å². The topological polar surface area (TPSA) is 0 Å². The van der Waals surface area contributed by atoms with Gasteiger partial charge in [-0.2, -0.15) is 0 Å². The summed E-state index contributed by atoms with van der Waals surface area (Å²) in [7, 11) is 0. The fourth-order valence-electron chi connectivity index (χ4n) is 6.73. The van der Waals surface area contributed by atoms with Crippen LogP contribution < -0.4 is 0 Å². The highest BCUT2D eigenvalue weighted by Gasteiger charge is 2.33. The molecule has 7 aromatic rings. The Balaban J connectivity index is 1.43. The zero-order valence-electron chi connectivity index (χ0n) is 21.0. The van der Waals surface area contributed by atoms with Crippen molar-refractivity contribution in [3.05, 3.63) is 132 Å². The lowest BCUT2D eigenvalue weighted by Crippen LogP contribution is -2.23. The average Bonchev–Trinajstić information content (AvgIpc) is 2.94. The van der Waals surface area contributed by atoms with Crippen LogP contribution in [0.2, 0.25) is 0 Å². The van der Waals surface area contributed by atoms with Gasteiger partial charge in [0.2, 0.25) is 0 Å². The molecule has 0 atom stereocenters. The number of hydrogen-bond donors (Lipinski definition) is 0. The maximum Gasteiger partial charge on any atom is 0.0159 e. The van der Waals surface area contributed by atoms with Crippen LogP contribution in [0.1, 0.15) is 25.0 Å². The van der Waals surface area contributed by atoms with E-state index in [1.165, 1.54) is 76.5 Å². The van der Waals surface area contributed by atoms with Gasteiger partial charge >= 0.3 is 0 Å². The summed E-state index contributed by atoms with van der Waals surface area (Å²) in [4.78, 5) is 0. The molecule has 37 heavy (non-hydrogen) atoms. The molecule has 1 aliphatic rings. The van der Waals surface area contributed by atoms with Crippen LogP contribution in [0.4, 0.5) is 0 Å². The van der Waals surface area contributed by atoms with Gasteiger partial charge in [0.15, 0.2) is 0 Å². The van der Waals surface area contributed by atoms with Crippen LogP contribution in [-0.2, 0) is 5.41 Å². The zero-order valence-corrected chi connectivity index (χ0v) is 21.0. The van der Waals surface area contributed by atoms with Gasteiger partial charge in [-0.3, -0.25) is 0 Å².